The molecule has 1 aromatic rings. The molecule has 0 aromatic heterocycles. The maximum Gasteiger partial charge on any atom is 0.315 e. The van der Waals surface area contributed by atoms with Gasteiger partial charge in [0.15, 0.2) is 0 Å². The number of rotatable bonds is 3. The summed E-state index contributed by atoms with van der Waals surface area (Å²) in [6.07, 6.45) is 0.974. The van der Waals surface area contributed by atoms with Gasteiger partial charge in [0.1, 0.15) is 0 Å². The van der Waals surface area contributed by atoms with Crippen LogP contribution in [-0.2, 0) is 5.75 Å². The average Bonchev–Trinajstić information content (AvgIpc) is 2.27. The second-order valence-electron chi connectivity index (χ2n) is 4.48. The molecule has 1 aliphatic rings. The van der Waals surface area contributed by atoms with Gasteiger partial charge in [0, 0.05) is 11.8 Å². The van der Waals surface area contributed by atoms with Gasteiger partial charge in [0.05, 0.1) is 5.37 Å². The van der Waals surface area contributed by atoms with Crippen LogP contribution >= 0.6 is 11.8 Å². The van der Waals surface area contributed by atoms with Crippen LogP contribution in [0.4, 0.5) is 4.79 Å². The molecule has 2 atom stereocenters. The molecule has 0 aliphatic carbocycles. The highest BCUT2D eigenvalue weighted by atomic mass is 32.2. The number of thioether (sulfide) groups is 1. The first-order valence-corrected chi connectivity index (χ1v) is 6.93. The van der Waals surface area contributed by atoms with Gasteiger partial charge in [-0.15, -0.1) is 11.8 Å². The van der Waals surface area contributed by atoms with Crippen LogP contribution in [0, 0.1) is 6.92 Å². The molecule has 2 N–H and O–H groups in total. The minimum Gasteiger partial charge on any atom is -0.336 e. The fourth-order valence-corrected chi connectivity index (χ4v) is 3.24. The van der Waals surface area contributed by atoms with Crippen LogP contribution in [0.1, 0.15) is 24.5 Å². The van der Waals surface area contributed by atoms with Crippen LogP contribution in [0.25, 0.3) is 0 Å². The summed E-state index contributed by atoms with van der Waals surface area (Å²) in [7, 11) is 0. The van der Waals surface area contributed by atoms with Crippen LogP contribution in [-0.4, -0.2) is 17.4 Å². The summed E-state index contributed by atoms with van der Waals surface area (Å²) in [6.45, 7) is 4.17. The minimum atomic E-state index is -0.0500. The lowest BCUT2D eigenvalue weighted by Crippen LogP contribution is -2.52. The van der Waals surface area contributed by atoms with E-state index in [1.165, 1.54) is 11.1 Å². The number of nitrogens with one attached hydrogen (secondary N) is 2. The van der Waals surface area contributed by atoms with E-state index < -0.39 is 0 Å². The Balaban J connectivity index is 1.90. The zero-order chi connectivity index (χ0) is 12.3. The number of benzene rings is 1. The van der Waals surface area contributed by atoms with Crippen molar-refractivity contribution in [2.24, 2.45) is 0 Å². The number of aryl methyl sites for hydroxylation is 1. The molecular formula is C13H18N2OS. The van der Waals surface area contributed by atoms with Crippen molar-refractivity contribution in [2.75, 3.05) is 0 Å². The molecule has 2 amide bonds. The highest BCUT2D eigenvalue weighted by molar-refractivity contribution is 7.99. The highest BCUT2D eigenvalue weighted by Crippen LogP contribution is 2.23. The van der Waals surface area contributed by atoms with Gasteiger partial charge < -0.3 is 10.6 Å². The number of carbonyl (C=O) groups is 1. The molecule has 1 fully saturated rings. The van der Waals surface area contributed by atoms with Gasteiger partial charge in [-0.25, -0.2) is 4.79 Å². The summed E-state index contributed by atoms with van der Waals surface area (Å²) in [4.78, 5) is 11.3. The second kappa shape index (κ2) is 5.45. The van der Waals surface area contributed by atoms with Crippen LogP contribution in [0.15, 0.2) is 24.3 Å². The Labute approximate surface area is 106 Å². The topological polar surface area (TPSA) is 41.1 Å². The second-order valence-corrected chi connectivity index (χ2v) is 5.67. The van der Waals surface area contributed by atoms with E-state index in [4.69, 9.17) is 0 Å². The lowest BCUT2D eigenvalue weighted by Gasteiger charge is -2.28. The van der Waals surface area contributed by atoms with Crippen LogP contribution in [0.3, 0.4) is 0 Å². The van der Waals surface area contributed by atoms with E-state index >= 15 is 0 Å². The van der Waals surface area contributed by atoms with Gasteiger partial charge in [-0.2, -0.15) is 0 Å². The van der Waals surface area contributed by atoms with Crippen molar-refractivity contribution in [3.63, 3.8) is 0 Å². The Morgan fingerprint density at radius 1 is 1.35 bits per heavy atom. The molecule has 1 aromatic carbocycles. The summed E-state index contributed by atoms with van der Waals surface area (Å²) in [5.74, 6) is 0.949. The number of carbonyl (C=O) groups excluding carboxylic acids is 1. The van der Waals surface area contributed by atoms with Crippen LogP contribution in [0.5, 0.6) is 0 Å². The fraction of sp³-hybridized carbons (Fsp3) is 0.462. The summed E-state index contributed by atoms with van der Waals surface area (Å²) in [5.41, 5.74) is 2.66. The maximum absolute atomic E-state index is 11.3. The molecule has 0 radical (unpaired) electrons. The molecular weight excluding hydrogens is 232 g/mol. The zero-order valence-electron chi connectivity index (χ0n) is 10.2. The molecule has 0 saturated carbocycles. The predicted octanol–water partition coefficient (Wildman–Crippen LogP) is 2.65. The van der Waals surface area contributed by atoms with Crippen molar-refractivity contribution in [1.29, 1.82) is 0 Å². The van der Waals surface area contributed by atoms with Gasteiger partial charge in [0.2, 0.25) is 0 Å². The number of urea groups is 1. The number of amides is 2. The van der Waals surface area contributed by atoms with E-state index in [2.05, 4.69) is 41.8 Å². The van der Waals surface area contributed by atoms with Crippen LogP contribution in [0.2, 0.25) is 0 Å². The molecule has 3 nitrogen and oxygen atoms in total. The first-order chi connectivity index (χ1) is 8.15. The van der Waals surface area contributed by atoms with Crippen LogP contribution < -0.4 is 10.6 Å². The predicted molar refractivity (Wildman–Crippen MR) is 72.0 cm³/mol. The van der Waals surface area contributed by atoms with E-state index in [1.807, 2.05) is 6.92 Å². The fourth-order valence-electron chi connectivity index (χ4n) is 1.92. The first-order valence-electron chi connectivity index (χ1n) is 5.88. The molecule has 1 heterocycles. The van der Waals surface area contributed by atoms with E-state index in [0.717, 1.165) is 12.2 Å². The minimum absolute atomic E-state index is 0.0500. The van der Waals surface area contributed by atoms with E-state index in [-0.39, 0.29) is 17.4 Å². The normalized spacial score (nSPS) is 24.0. The summed E-state index contributed by atoms with van der Waals surface area (Å²) in [6, 6.07) is 8.60. The Hall–Kier alpha value is -1.16. The van der Waals surface area contributed by atoms with Crippen molar-refractivity contribution in [3.05, 3.63) is 35.4 Å². The number of hydrogen-bond acceptors (Lipinski definition) is 2. The number of hydrogen-bond donors (Lipinski definition) is 2. The standard InChI is InChI=1S/C13H18N2OS/c1-9-5-3-4-6-11(9)8-17-12-7-10(2)14-13(16)15-12/h3-6,10,12H,7-8H2,1-2H3,(H2,14,15,16). The lowest BCUT2D eigenvalue weighted by molar-refractivity contribution is 0.228. The van der Waals surface area contributed by atoms with Crippen molar-refractivity contribution < 1.29 is 4.79 Å². The first kappa shape index (κ1) is 12.3. The Morgan fingerprint density at radius 3 is 2.82 bits per heavy atom. The quantitative estimate of drug-likeness (QED) is 0.866. The third-order valence-electron chi connectivity index (χ3n) is 2.94. The van der Waals surface area contributed by atoms with Gasteiger partial charge in [-0.3, -0.25) is 0 Å². The molecule has 1 aliphatic heterocycles. The monoisotopic (exact) mass is 250 g/mol. The Morgan fingerprint density at radius 2 is 2.12 bits per heavy atom. The van der Waals surface area contributed by atoms with E-state index in [9.17, 15) is 4.79 Å². The molecule has 92 valence electrons. The SMILES string of the molecule is Cc1ccccc1CSC1CC(C)NC(=O)N1. The van der Waals surface area contributed by atoms with Gasteiger partial charge in [0.25, 0.3) is 0 Å². The molecule has 2 unspecified atom stereocenters. The lowest BCUT2D eigenvalue weighted by atomic mass is 10.1. The summed E-state index contributed by atoms with van der Waals surface area (Å²) < 4.78 is 0. The van der Waals surface area contributed by atoms with Gasteiger partial charge in [-0.05, 0) is 31.4 Å². The average molecular weight is 250 g/mol. The molecule has 2 rings (SSSR count). The summed E-state index contributed by atoms with van der Waals surface area (Å²) in [5, 5.41) is 6.03. The molecule has 17 heavy (non-hydrogen) atoms. The van der Waals surface area contributed by atoms with Crippen molar-refractivity contribution in [2.45, 2.75) is 37.4 Å². The third kappa shape index (κ3) is 3.40. The zero-order valence-corrected chi connectivity index (χ0v) is 11.0. The Kier molecular flexibility index (Phi) is 3.94. The van der Waals surface area contributed by atoms with Crippen molar-refractivity contribution in [3.8, 4) is 0 Å². The largest absolute Gasteiger partial charge is 0.336 e. The summed E-state index contributed by atoms with van der Waals surface area (Å²) >= 11 is 1.80. The van der Waals surface area contributed by atoms with Crippen molar-refractivity contribution in [1.82, 2.24) is 10.6 Å². The van der Waals surface area contributed by atoms with E-state index in [0.29, 0.717) is 0 Å². The van der Waals surface area contributed by atoms with Crippen molar-refractivity contribution >= 4 is 17.8 Å². The molecule has 0 bridgehead atoms. The smallest absolute Gasteiger partial charge is 0.315 e. The molecule has 4 heteroatoms. The molecule has 1 saturated heterocycles. The maximum atomic E-state index is 11.3. The third-order valence-corrected chi connectivity index (χ3v) is 4.13. The Bertz CT molecular complexity index is 408. The highest BCUT2D eigenvalue weighted by Gasteiger charge is 2.22. The van der Waals surface area contributed by atoms with Gasteiger partial charge >= 0.3 is 6.03 Å². The van der Waals surface area contributed by atoms with E-state index in [1.54, 1.807) is 11.8 Å². The van der Waals surface area contributed by atoms with Gasteiger partial charge in [-0.1, -0.05) is 24.3 Å². The molecule has 0 spiro atoms.